The van der Waals surface area contributed by atoms with Gasteiger partial charge in [0, 0.05) is 10.0 Å². The van der Waals surface area contributed by atoms with E-state index >= 15 is 0 Å². The molecule has 20 heavy (non-hydrogen) atoms. The topological polar surface area (TPSA) is 38.0 Å². The minimum Gasteiger partial charge on any atom is -0.271 e. The fourth-order valence-electron chi connectivity index (χ4n) is 1.97. The third kappa shape index (κ3) is 3.20. The van der Waals surface area contributed by atoms with Crippen LogP contribution in [0.15, 0.2) is 40.9 Å². The van der Waals surface area contributed by atoms with Crippen LogP contribution < -0.4 is 11.3 Å². The summed E-state index contributed by atoms with van der Waals surface area (Å²) in [4.78, 5) is 0. The lowest BCUT2D eigenvalue weighted by Crippen LogP contribution is -2.30. The Kier molecular flexibility index (Phi) is 4.80. The van der Waals surface area contributed by atoms with Gasteiger partial charge < -0.3 is 0 Å². The Balaban J connectivity index is 2.36. The van der Waals surface area contributed by atoms with E-state index in [1.165, 1.54) is 36.4 Å². The SMILES string of the molecule is NNC(Cc1c(F)cccc1F)c1cc(F)ccc1Br. The van der Waals surface area contributed by atoms with Gasteiger partial charge in [0.1, 0.15) is 17.5 Å². The summed E-state index contributed by atoms with van der Waals surface area (Å²) in [6.45, 7) is 0. The van der Waals surface area contributed by atoms with Crippen molar-refractivity contribution in [3.8, 4) is 0 Å². The average molecular weight is 345 g/mol. The summed E-state index contributed by atoms with van der Waals surface area (Å²) in [5.74, 6) is 3.68. The molecule has 0 aliphatic heterocycles. The summed E-state index contributed by atoms with van der Waals surface area (Å²) in [5, 5.41) is 0. The lowest BCUT2D eigenvalue weighted by atomic mass is 9.98. The van der Waals surface area contributed by atoms with E-state index in [1.54, 1.807) is 0 Å². The molecular weight excluding hydrogens is 333 g/mol. The highest BCUT2D eigenvalue weighted by molar-refractivity contribution is 9.10. The summed E-state index contributed by atoms with van der Waals surface area (Å²) in [5.41, 5.74) is 2.86. The molecule has 6 heteroatoms. The number of hydrogen-bond acceptors (Lipinski definition) is 2. The molecule has 0 spiro atoms. The van der Waals surface area contributed by atoms with Crippen molar-refractivity contribution in [2.75, 3.05) is 0 Å². The van der Waals surface area contributed by atoms with Crippen LogP contribution in [0.3, 0.4) is 0 Å². The van der Waals surface area contributed by atoms with Gasteiger partial charge in [0.15, 0.2) is 0 Å². The fraction of sp³-hybridized carbons (Fsp3) is 0.143. The molecule has 2 aromatic carbocycles. The summed E-state index contributed by atoms with van der Waals surface area (Å²) < 4.78 is 41.2. The van der Waals surface area contributed by atoms with Crippen LogP contribution in [-0.2, 0) is 6.42 Å². The fourth-order valence-corrected chi connectivity index (χ4v) is 2.49. The molecule has 0 aliphatic carbocycles. The Labute approximate surface area is 122 Å². The molecule has 0 aliphatic rings. The first-order chi connectivity index (χ1) is 9.52. The average Bonchev–Trinajstić information content (AvgIpc) is 2.42. The van der Waals surface area contributed by atoms with Crippen LogP contribution >= 0.6 is 15.9 Å². The van der Waals surface area contributed by atoms with Gasteiger partial charge in [0.05, 0.1) is 6.04 Å². The zero-order chi connectivity index (χ0) is 14.7. The number of rotatable bonds is 4. The number of hydrogen-bond donors (Lipinski definition) is 2. The second-order valence-corrected chi connectivity index (χ2v) is 5.14. The summed E-state index contributed by atoms with van der Waals surface area (Å²) >= 11 is 3.27. The largest absolute Gasteiger partial charge is 0.271 e. The molecule has 0 heterocycles. The van der Waals surface area contributed by atoms with Crippen molar-refractivity contribution in [1.82, 2.24) is 5.43 Å². The van der Waals surface area contributed by atoms with Crippen LogP contribution in [0.1, 0.15) is 17.2 Å². The van der Waals surface area contributed by atoms with E-state index in [9.17, 15) is 13.2 Å². The molecule has 1 unspecified atom stereocenters. The highest BCUT2D eigenvalue weighted by atomic mass is 79.9. The lowest BCUT2D eigenvalue weighted by molar-refractivity contribution is 0.496. The molecule has 2 rings (SSSR count). The van der Waals surface area contributed by atoms with E-state index in [2.05, 4.69) is 21.4 Å². The van der Waals surface area contributed by atoms with Gasteiger partial charge in [-0.3, -0.25) is 11.3 Å². The summed E-state index contributed by atoms with van der Waals surface area (Å²) in [6, 6.07) is 7.09. The number of hydrazine groups is 1. The Morgan fingerprint density at radius 2 is 1.75 bits per heavy atom. The van der Waals surface area contributed by atoms with E-state index in [0.29, 0.717) is 10.0 Å². The van der Waals surface area contributed by atoms with Gasteiger partial charge in [0.2, 0.25) is 0 Å². The maximum absolute atomic E-state index is 13.6. The van der Waals surface area contributed by atoms with E-state index in [4.69, 9.17) is 5.84 Å². The molecule has 2 aromatic rings. The van der Waals surface area contributed by atoms with E-state index < -0.39 is 23.5 Å². The van der Waals surface area contributed by atoms with Gasteiger partial charge in [-0.15, -0.1) is 0 Å². The molecule has 106 valence electrons. The third-order valence-corrected chi connectivity index (χ3v) is 3.73. The Bertz CT molecular complexity index is 599. The summed E-state index contributed by atoms with van der Waals surface area (Å²) in [7, 11) is 0. The predicted octanol–water partition coefficient (Wildman–Crippen LogP) is 3.61. The van der Waals surface area contributed by atoms with Crippen molar-refractivity contribution in [3.63, 3.8) is 0 Å². The van der Waals surface area contributed by atoms with Crippen molar-refractivity contribution < 1.29 is 13.2 Å². The minimum absolute atomic E-state index is 0.0307. The Hall–Kier alpha value is -1.37. The van der Waals surface area contributed by atoms with E-state index in [1.807, 2.05) is 0 Å². The second-order valence-electron chi connectivity index (χ2n) is 4.29. The molecule has 0 bridgehead atoms. The highest BCUT2D eigenvalue weighted by Gasteiger charge is 2.19. The molecule has 0 aromatic heterocycles. The first-order valence-corrected chi connectivity index (χ1v) is 6.66. The minimum atomic E-state index is -0.655. The van der Waals surface area contributed by atoms with Gasteiger partial charge in [-0.25, -0.2) is 13.2 Å². The Morgan fingerprint density at radius 3 is 2.35 bits per heavy atom. The quantitative estimate of drug-likeness (QED) is 0.656. The zero-order valence-corrected chi connectivity index (χ0v) is 11.9. The molecule has 3 N–H and O–H groups in total. The summed E-state index contributed by atoms with van der Waals surface area (Å²) in [6.07, 6.45) is -0.0307. The molecular formula is C14H12BrF3N2. The maximum Gasteiger partial charge on any atom is 0.129 e. The van der Waals surface area contributed by atoms with Gasteiger partial charge in [0.25, 0.3) is 0 Å². The first kappa shape index (κ1) is 15.0. The van der Waals surface area contributed by atoms with Crippen molar-refractivity contribution >= 4 is 15.9 Å². The third-order valence-electron chi connectivity index (χ3n) is 3.00. The van der Waals surface area contributed by atoms with Crippen molar-refractivity contribution in [2.24, 2.45) is 5.84 Å². The van der Waals surface area contributed by atoms with Gasteiger partial charge >= 0.3 is 0 Å². The predicted molar refractivity (Wildman–Crippen MR) is 74.2 cm³/mol. The molecule has 0 saturated heterocycles. The zero-order valence-electron chi connectivity index (χ0n) is 10.3. The van der Waals surface area contributed by atoms with Crippen molar-refractivity contribution in [2.45, 2.75) is 12.5 Å². The van der Waals surface area contributed by atoms with Crippen LogP contribution in [0.4, 0.5) is 13.2 Å². The first-order valence-electron chi connectivity index (χ1n) is 5.87. The van der Waals surface area contributed by atoms with Crippen LogP contribution in [0.2, 0.25) is 0 Å². The number of nitrogens with one attached hydrogen (secondary N) is 1. The lowest BCUT2D eigenvalue weighted by Gasteiger charge is -2.18. The number of halogens is 4. The van der Waals surface area contributed by atoms with Crippen LogP contribution in [0.5, 0.6) is 0 Å². The van der Waals surface area contributed by atoms with Crippen LogP contribution in [0.25, 0.3) is 0 Å². The number of benzene rings is 2. The van der Waals surface area contributed by atoms with Crippen molar-refractivity contribution in [3.05, 3.63) is 69.4 Å². The molecule has 2 nitrogen and oxygen atoms in total. The standard InChI is InChI=1S/C14H12BrF3N2/c15-11-5-4-8(16)6-9(11)14(20-19)7-10-12(17)2-1-3-13(10)18/h1-6,14,20H,7,19H2. The van der Waals surface area contributed by atoms with Gasteiger partial charge in [-0.2, -0.15) is 0 Å². The van der Waals surface area contributed by atoms with Crippen molar-refractivity contribution in [1.29, 1.82) is 0 Å². The molecule has 0 radical (unpaired) electrons. The monoisotopic (exact) mass is 344 g/mol. The molecule has 1 atom stereocenters. The molecule has 0 saturated carbocycles. The van der Waals surface area contributed by atoms with E-state index in [-0.39, 0.29) is 12.0 Å². The molecule has 0 fully saturated rings. The van der Waals surface area contributed by atoms with Crippen LogP contribution in [0, 0.1) is 17.5 Å². The van der Waals surface area contributed by atoms with Crippen LogP contribution in [-0.4, -0.2) is 0 Å². The second kappa shape index (κ2) is 6.39. The Morgan fingerprint density at radius 1 is 1.10 bits per heavy atom. The van der Waals surface area contributed by atoms with Gasteiger partial charge in [-0.05, 0) is 42.3 Å². The highest BCUT2D eigenvalue weighted by Crippen LogP contribution is 2.28. The maximum atomic E-state index is 13.6. The normalized spacial score (nSPS) is 12.4. The van der Waals surface area contributed by atoms with E-state index in [0.717, 1.165) is 0 Å². The molecule has 0 amide bonds. The number of nitrogens with two attached hydrogens (primary N) is 1. The smallest absolute Gasteiger partial charge is 0.129 e. The van der Waals surface area contributed by atoms with Gasteiger partial charge in [-0.1, -0.05) is 22.0 Å².